The standard InChI is InChI=1S/C18H17N3O2/c1-13-7-14(2)9-17(8-13)23-12-18(22)21-20-11-16-5-3-15(10-19)4-6-16/h3-9,11H,12H2,1-2H3,(H,21,22). The third kappa shape index (κ3) is 5.29. The molecule has 0 unspecified atom stereocenters. The van der Waals surface area contributed by atoms with Gasteiger partial charge in [-0.15, -0.1) is 0 Å². The van der Waals surface area contributed by atoms with Crippen molar-refractivity contribution in [2.24, 2.45) is 5.10 Å². The Balaban J connectivity index is 1.82. The number of benzene rings is 2. The summed E-state index contributed by atoms with van der Waals surface area (Å²) in [6, 6.07) is 14.7. The highest BCUT2D eigenvalue weighted by molar-refractivity contribution is 5.83. The van der Waals surface area contributed by atoms with Gasteiger partial charge in [0.15, 0.2) is 6.61 Å². The minimum atomic E-state index is -0.339. The van der Waals surface area contributed by atoms with Crippen LogP contribution in [-0.2, 0) is 4.79 Å². The summed E-state index contributed by atoms with van der Waals surface area (Å²) in [7, 11) is 0. The molecule has 5 heteroatoms. The van der Waals surface area contributed by atoms with E-state index in [0.717, 1.165) is 16.7 Å². The summed E-state index contributed by atoms with van der Waals surface area (Å²) >= 11 is 0. The summed E-state index contributed by atoms with van der Waals surface area (Å²) in [6.07, 6.45) is 1.51. The third-order valence-electron chi connectivity index (χ3n) is 3.01. The first-order chi connectivity index (χ1) is 11.1. The van der Waals surface area contributed by atoms with Crippen molar-refractivity contribution in [3.05, 3.63) is 64.7 Å². The Hall–Kier alpha value is -3.13. The van der Waals surface area contributed by atoms with Crippen molar-refractivity contribution in [3.63, 3.8) is 0 Å². The van der Waals surface area contributed by atoms with Crippen LogP contribution >= 0.6 is 0 Å². The molecule has 0 bridgehead atoms. The first-order valence-corrected chi connectivity index (χ1v) is 7.10. The van der Waals surface area contributed by atoms with Crippen LogP contribution in [0.2, 0.25) is 0 Å². The van der Waals surface area contributed by atoms with Crippen molar-refractivity contribution in [1.82, 2.24) is 5.43 Å². The second-order valence-corrected chi connectivity index (χ2v) is 5.14. The maximum Gasteiger partial charge on any atom is 0.277 e. The van der Waals surface area contributed by atoms with Gasteiger partial charge in [-0.1, -0.05) is 18.2 Å². The van der Waals surface area contributed by atoms with Gasteiger partial charge in [0.2, 0.25) is 0 Å². The van der Waals surface area contributed by atoms with Crippen LogP contribution in [0.1, 0.15) is 22.3 Å². The molecule has 0 aromatic heterocycles. The van der Waals surface area contributed by atoms with Crippen LogP contribution in [0, 0.1) is 25.2 Å². The van der Waals surface area contributed by atoms with E-state index in [0.29, 0.717) is 11.3 Å². The first kappa shape index (κ1) is 16.2. The molecule has 0 saturated carbocycles. The molecular weight excluding hydrogens is 290 g/mol. The quantitative estimate of drug-likeness (QED) is 0.681. The smallest absolute Gasteiger partial charge is 0.277 e. The Morgan fingerprint density at radius 2 is 1.87 bits per heavy atom. The number of carbonyl (C=O) groups excluding carboxylic acids is 1. The van der Waals surface area contributed by atoms with E-state index in [-0.39, 0.29) is 12.5 Å². The Morgan fingerprint density at radius 1 is 1.22 bits per heavy atom. The third-order valence-corrected chi connectivity index (χ3v) is 3.01. The van der Waals surface area contributed by atoms with Gasteiger partial charge in [-0.3, -0.25) is 4.79 Å². The number of rotatable bonds is 5. The van der Waals surface area contributed by atoms with Crippen LogP contribution in [0.15, 0.2) is 47.6 Å². The predicted molar refractivity (Wildman–Crippen MR) is 88.3 cm³/mol. The number of nitrogens with zero attached hydrogens (tertiary/aromatic N) is 2. The van der Waals surface area contributed by atoms with Crippen LogP contribution in [0.25, 0.3) is 0 Å². The molecule has 5 nitrogen and oxygen atoms in total. The topological polar surface area (TPSA) is 74.5 Å². The van der Waals surface area contributed by atoms with Crippen LogP contribution < -0.4 is 10.2 Å². The van der Waals surface area contributed by atoms with E-state index in [4.69, 9.17) is 10.00 Å². The van der Waals surface area contributed by atoms with Crippen molar-refractivity contribution < 1.29 is 9.53 Å². The molecule has 116 valence electrons. The zero-order valence-electron chi connectivity index (χ0n) is 13.0. The highest BCUT2D eigenvalue weighted by Gasteiger charge is 2.02. The fourth-order valence-corrected chi connectivity index (χ4v) is 2.02. The molecule has 0 spiro atoms. The molecule has 0 saturated heterocycles. The lowest BCUT2D eigenvalue weighted by Gasteiger charge is -2.07. The molecule has 2 rings (SSSR count). The fourth-order valence-electron chi connectivity index (χ4n) is 2.02. The van der Waals surface area contributed by atoms with E-state index in [1.54, 1.807) is 24.3 Å². The van der Waals surface area contributed by atoms with Crippen LogP contribution in [0.4, 0.5) is 0 Å². The lowest BCUT2D eigenvalue weighted by molar-refractivity contribution is -0.123. The van der Waals surface area contributed by atoms with Gasteiger partial charge < -0.3 is 4.74 Å². The van der Waals surface area contributed by atoms with Crippen molar-refractivity contribution in [3.8, 4) is 11.8 Å². The minimum absolute atomic E-state index is 0.104. The second-order valence-electron chi connectivity index (χ2n) is 5.14. The average Bonchev–Trinajstić information content (AvgIpc) is 2.53. The predicted octanol–water partition coefficient (Wildman–Crippen LogP) is 2.70. The normalized spacial score (nSPS) is 10.3. The number of amides is 1. The molecule has 0 heterocycles. The summed E-state index contributed by atoms with van der Waals surface area (Å²) in [4.78, 5) is 11.7. The molecule has 2 aromatic carbocycles. The van der Waals surface area contributed by atoms with Crippen molar-refractivity contribution in [2.75, 3.05) is 6.61 Å². The van der Waals surface area contributed by atoms with Gasteiger partial charge in [-0.05, 0) is 54.8 Å². The fraction of sp³-hybridized carbons (Fsp3) is 0.167. The average molecular weight is 307 g/mol. The van der Waals surface area contributed by atoms with Crippen LogP contribution in [0.3, 0.4) is 0 Å². The maximum atomic E-state index is 11.7. The molecule has 2 aromatic rings. The molecule has 23 heavy (non-hydrogen) atoms. The highest BCUT2D eigenvalue weighted by atomic mass is 16.5. The van der Waals surface area contributed by atoms with Crippen molar-refractivity contribution in [2.45, 2.75) is 13.8 Å². The van der Waals surface area contributed by atoms with E-state index in [1.807, 2.05) is 38.1 Å². The molecule has 0 fully saturated rings. The molecule has 1 amide bonds. The molecule has 0 radical (unpaired) electrons. The SMILES string of the molecule is Cc1cc(C)cc(OCC(=O)NN=Cc2ccc(C#N)cc2)c1. The van der Waals surface area contributed by atoms with E-state index < -0.39 is 0 Å². The summed E-state index contributed by atoms with van der Waals surface area (Å²) < 4.78 is 5.44. The summed E-state index contributed by atoms with van der Waals surface area (Å²) in [5, 5.41) is 12.6. The Kier molecular flexibility index (Phi) is 5.48. The Morgan fingerprint density at radius 3 is 2.48 bits per heavy atom. The van der Waals surface area contributed by atoms with Crippen LogP contribution in [-0.4, -0.2) is 18.7 Å². The highest BCUT2D eigenvalue weighted by Crippen LogP contribution is 2.15. The van der Waals surface area contributed by atoms with Crippen molar-refractivity contribution in [1.29, 1.82) is 5.26 Å². The molecule has 0 aliphatic heterocycles. The van der Waals surface area contributed by atoms with E-state index in [2.05, 4.69) is 10.5 Å². The van der Waals surface area contributed by atoms with Gasteiger partial charge in [-0.2, -0.15) is 10.4 Å². The van der Waals surface area contributed by atoms with Gasteiger partial charge in [0.25, 0.3) is 5.91 Å². The van der Waals surface area contributed by atoms with E-state index in [1.165, 1.54) is 6.21 Å². The lowest BCUT2D eigenvalue weighted by atomic mass is 10.1. The summed E-state index contributed by atoms with van der Waals surface area (Å²) in [6.45, 7) is 3.84. The van der Waals surface area contributed by atoms with Gasteiger partial charge in [-0.25, -0.2) is 5.43 Å². The van der Waals surface area contributed by atoms with Gasteiger partial charge in [0.05, 0.1) is 17.8 Å². The Labute approximate surface area is 135 Å². The van der Waals surface area contributed by atoms with E-state index >= 15 is 0 Å². The number of hydrogen-bond acceptors (Lipinski definition) is 4. The number of hydrogen-bond donors (Lipinski definition) is 1. The number of carbonyl (C=O) groups is 1. The van der Waals surface area contributed by atoms with Gasteiger partial charge >= 0.3 is 0 Å². The molecule has 1 N–H and O–H groups in total. The minimum Gasteiger partial charge on any atom is -0.484 e. The molecular formula is C18H17N3O2. The Bertz CT molecular complexity index is 739. The molecule has 0 aliphatic carbocycles. The van der Waals surface area contributed by atoms with Crippen LogP contribution in [0.5, 0.6) is 5.75 Å². The summed E-state index contributed by atoms with van der Waals surface area (Å²) in [5.74, 6) is 0.322. The number of nitrogens with one attached hydrogen (secondary N) is 1. The van der Waals surface area contributed by atoms with Gasteiger partial charge in [0, 0.05) is 0 Å². The molecule has 0 atom stereocenters. The number of hydrazone groups is 1. The second kappa shape index (κ2) is 7.76. The number of nitriles is 1. The maximum absolute atomic E-state index is 11.7. The van der Waals surface area contributed by atoms with Gasteiger partial charge in [0.1, 0.15) is 5.75 Å². The zero-order chi connectivity index (χ0) is 16.7. The van der Waals surface area contributed by atoms with Crippen molar-refractivity contribution >= 4 is 12.1 Å². The first-order valence-electron chi connectivity index (χ1n) is 7.10. The molecule has 0 aliphatic rings. The number of aryl methyl sites for hydroxylation is 2. The lowest BCUT2D eigenvalue weighted by Crippen LogP contribution is -2.24. The monoisotopic (exact) mass is 307 g/mol. The summed E-state index contributed by atoms with van der Waals surface area (Å²) in [5.41, 5.74) is 5.93. The number of ether oxygens (including phenoxy) is 1. The van der Waals surface area contributed by atoms with E-state index in [9.17, 15) is 4.79 Å². The largest absolute Gasteiger partial charge is 0.484 e. The zero-order valence-corrected chi connectivity index (χ0v) is 13.0.